The second-order valence-corrected chi connectivity index (χ2v) is 7.87. The van der Waals surface area contributed by atoms with Gasteiger partial charge in [0, 0.05) is 12.6 Å². The first-order chi connectivity index (χ1) is 14.6. The Kier molecular flexibility index (Phi) is 6.46. The number of hydrogen-bond donors (Lipinski definition) is 0. The Morgan fingerprint density at radius 1 is 1.23 bits per heavy atom. The summed E-state index contributed by atoms with van der Waals surface area (Å²) in [6, 6.07) is 8.21. The summed E-state index contributed by atoms with van der Waals surface area (Å²) in [4.78, 5) is 24.4. The maximum absolute atomic E-state index is 12.8. The highest BCUT2D eigenvalue weighted by Crippen LogP contribution is 2.38. The number of hydrogen-bond acceptors (Lipinski definition) is 6. The second kappa shape index (κ2) is 8.90. The normalized spacial score (nSPS) is 15.5. The fraction of sp³-hybridized carbons (Fsp3) is 0.100. The maximum atomic E-state index is 12.8. The smallest absolute Gasteiger partial charge is 0.416 e. The Hall–Kier alpha value is -3.18. The molecule has 0 spiro atoms. The lowest BCUT2D eigenvalue weighted by Gasteiger charge is -2.10. The molecule has 6 nitrogen and oxygen atoms in total. The zero-order chi connectivity index (χ0) is 22.8. The molecule has 11 heteroatoms. The molecule has 2 aromatic rings. The minimum atomic E-state index is -4.71. The van der Waals surface area contributed by atoms with Gasteiger partial charge >= 0.3 is 11.9 Å². The molecular weight excluding hydrogens is 453 g/mol. The Balaban J connectivity index is 1.80. The minimum absolute atomic E-state index is 0.180. The Bertz CT molecular complexity index is 1100. The fourth-order valence-electron chi connectivity index (χ4n) is 2.62. The van der Waals surface area contributed by atoms with Gasteiger partial charge in [0.25, 0.3) is 5.91 Å². The summed E-state index contributed by atoms with van der Waals surface area (Å²) >= 11 is 6.32. The Morgan fingerprint density at radius 2 is 1.90 bits per heavy atom. The van der Waals surface area contributed by atoms with Gasteiger partial charge in [-0.05, 0) is 35.9 Å². The van der Waals surface area contributed by atoms with Gasteiger partial charge in [-0.25, -0.2) is 0 Å². The van der Waals surface area contributed by atoms with Gasteiger partial charge in [-0.1, -0.05) is 42.2 Å². The molecule has 0 aromatic heterocycles. The molecule has 0 saturated carbocycles. The summed E-state index contributed by atoms with van der Waals surface area (Å²) in [7, 11) is 0. The lowest BCUT2D eigenvalue weighted by molar-refractivity contribution is -0.385. The SMILES string of the molecule is C=CCN1C(=O)/C(=C\c2ccc(Oc3ccc(C(F)(F)F)cc3[N+](=O)[O-])cc2)SC1=S. The number of benzene rings is 2. The van der Waals surface area contributed by atoms with Gasteiger partial charge in [-0.2, -0.15) is 13.2 Å². The first-order valence-electron chi connectivity index (χ1n) is 8.60. The van der Waals surface area contributed by atoms with E-state index < -0.39 is 22.4 Å². The molecule has 1 saturated heterocycles. The van der Waals surface area contributed by atoms with E-state index in [0.29, 0.717) is 33.5 Å². The summed E-state index contributed by atoms with van der Waals surface area (Å²) in [6.07, 6.45) is -1.51. The van der Waals surface area contributed by atoms with Gasteiger partial charge < -0.3 is 4.74 Å². The molecule has 3 rings (SSSR count). The molecule has 0 radical (unpaired) electrons. The zero-order valence-electron chi connectivity index (χ0n) is 15.6. The minimum Gasteiger partial charge on any atom is -0.450 e. The third kappa shape index (κ3) is 5.12. The number of nitro benzene ring substituents is 1. The highest BCUT2D eigenvalue weighted by Gasteiger charge is 2.33. The van der Waals surface area contributed by atoms with Crippen LogP contribution in [0.2, 0.25) is 0 Å². The number of carbonyl (C=O) groups excluding carboxylic acids is 1. The zero-order valence-corrected chi connectivity index (χ0v) is 17.2. The van der Waals surface area contributed by atoms with Gasteiger partial charge in [0.15, 0.2) is 0 Å². The molecule has 160 valence electrons. The van der Waals surface area contributed by atoms with E-state index in [1.165, 1.54) is 17.0 Å². The van der Waals surface area contributed by atoms with Crippen LogP contribution in [0.5, 0.6) is 11.5 Å². The number of thioether (sulfide) groups is 1. The van der Waals surface area contributed by atoms with E-state index in [0.717, 1.165) is 17.8 Å². The molecule has 31 heavy (non-hydrogen) atoms. The molecule has 1 aliphatic rings. The molecular formula is C20H13F3N2O4S2. The van der Waals surface area contributed by atoms with Crippen molar-refractivity contribution >= 4 is 46.0 Å². The van der Waals surface area contributed by atoms with Crippen LogP contribution in [-0.4, -0.2) is 26.6 Å². The van der Waals surface area contributed by atoms with E-state index in [4.69, 9.17) is 17.0 Å². The van der Waals surface area contributed by atoms with E-state index in [1.807, 2.05) is 0 Å². The van der Waals surface area contributed by atoms with Gasteiger partial charge in [-0.15, -0.1) is 6.58 Å². The van der Waals surface area contributed by atoms with Crippen LogP contribution in [0.25, 0.3) is 6.08 Å². The number of amides is 1. The standard InChI is InChI=1S/C20H13F3N2O4S2/c1-2-9-24-18(26)17(31-19(24)30)10-12-3-6-14(7-4-12)29-16-8-5-13(20(21,22)23)11-15(16)25(27)28/h2-8,10-11H,1,9H2/b17-10+. The molecule has 0 N–H and O–H groups in total. The van der Waals surface area contributed by atoms with Gasteiger partial charge in [0.1, 0.15) is 10.1 Å². The van der Waals surface area contributed by atoms with Gasteiger partial charge in [-0.3, -0.25) is 19.8 Å². The number of carbonyl (C=O) groups is 1. The predicted molar refractivity (Wildman–Crippen MR) is 115 cm³/mol. The molecule has 1 heterocycles. The summed E-state index contributed by atoms with van der Waals surface area (Å²) in [5.74, 6) is -0.383. The molecule has 0 aliphatic carbocycles. The lowest BCUT2D eigenvalue weighted by Crippen LogP contribution is -2.27. The van der Waals surface area contributed by atoms with Gasteiger partial charge in [0.05, 0.1) is 15.4 Å². The van der Waals surface area contributed by atoms with Crippen LogP contribution >= 0.6 is 24.0 Å². The average molecular weight is 466 g/mol. The topological polar surface area (TPSA) is 72.7 Å². The number of ether oxygens (including phenoxy) is 1. The number of rotatable bonds is 6. The molecule has 1 fully saturated rings. The van der Waals surface area contributed by atoms with Crippen molar-refractivity contribution in [3.63, 3.8) is 0 Å². The van der Waals surface area contributed by atoms with E-state index in [9.17, 15) is 28.1 Å². The van der Waals surface area contributed by atoms with Crippen molar-refractivity contribution in [3.05, 3.63) is 81.3 Å². The van der Waals surface area contributed by atoms with Crippen LogP contribution in [0.15, 0.2) is 60.0 Å². The van der Waals surface area contributed by atoms with Gasteiger partial charge in [0.2, 0.25) is 5.75 Å². The molecule has 2 aromatic carbocycles. The molecule has 1 amide bonds. The van der Waals surface area contributed by atoms with E-state index in [1.54, 1.807) is 24.3 Å². The van der Waals surface area contributed by atoms with Crippen molar-refractivity contribution in [1.82, 2.24) is 4.90 Å². The van der Waals surface area contributed by atoms with Crippen molar-refractivity contribution in [2.24, 2.45) is 0 Å². The first kappa shape index (κ1) is 22.5. The first-order valence-corrected chi connectivity index (χ1v) is 9.82. The molecule has 0 unspecified atom stereocenters. The molecule has 0 atom stereocenters. The number of halogens is 3. The summed E-state index contributed by atoms with van der Waals surface area (Å²) in [5.41, 5.74) is -1.30. The molecule has 1 aliphatic heterocycles. The Morgan fingerprint density at radius 3 is 2.48 bits per heavy atom. The number of alkyl halides is 3. The van der Waals surface area contributed by atoms with Crippen molar-refractivity contribution in [2.75, 3.05) is 6.54 Å². The van der Waals surface area contributed by atoms with E-state index in [-0.39, 0.29) is 17.4 Å². The van der Waals surface area contributed by atoms with Crippen LogP contribution in [0.4, 0.5) is 18.9 Å². The third-order valence-corrected chi connectivity index (χ3v) is 5.45. The second-order valence-electron chi connectivity index (χ2n) is 6.19. The van der Waals surface area contributed by atoms with Crippen LogP contribution in [0, 0.1) is 10.1 Å². The van der Waals surface area contributed by atoms with Crippen molar-refractivity contribution in [2.45, 2.75) is 6.18 Å². The quantitative estimate of drug-likeness (QED) is 0.176. The van der Waals surface area contributed by atoms with Crippen molar-refractivity contribution < 1.29 is 27.6 Å². The van der Waals surface area contributed by atoms with Crippen LogP contribution in [-0.2, 0) is 11.0 Å². The summed E-state index contributed by atoms with van der Waals surface area (Å²) < 4.78 is 44.3. The number of nitro groups is 1. The lowest BCUT2D eigenvalue weighted by atomic mass is 10.1. The highest BCUT2D eigenvalue weighted by atomic mass is 32.2. The summed E-state index contributed by atoms with van der Waals surface area (Å²) in [6.45, 7) is 3.89. The van der Waals surface area contributed by atoms with Crippen molar-refractivity contribution in [3.8, 4) is 11.5 Å². The number of nitrogens with zero attached hydrogens (tertiary/aromatic N) is 2. The molecule has 0 bridgehead atoms. The summed E-state index contributed by atoms with van der Waals surface area (Å²) in [5, 5.41) is 11.2. The Labute approximate surface area is 184 Å². The largest absolute Gasteiger partial charge is 0.450 e. The van der Waals surface area contributed by atoms with Crippen LogP contribution in [0.1, 0.15) is 11.1 Å². The van der Waals surface area contributed by atoms with Crippen LogP contribution < -0.4 is 4.74 Å². The van der Waals surface area contributed by atoms with Crippen molar-refractivity contribution in [1.29, 1.82) is 0 Å². The predicted octanol–water partition coefficient (Wildman–Crippen LogP) is 5.79. The van der Waals surface area contributed by atoms with E-state index >= 15 is 0 Å². The fourth-order valence-corrected chi connectivity index (χ4v) is 3.89. The maximum Gasteiger partial charge on any atom is 0.416 e. The third-order valence-electron chi connectivity index (χ3n) is 4.07. The van der Waals surface area contributed by atoms with Crippen LogP contribution in [0.3, 0.4) is 0 Å². The van der Waals surface area contributed by atoms with E-state index in [2.05, 4.69) is 6.58 Å². The highest BCUT2D eigenvalue weighted by molar-refractivity contribution is 8.26. The number of thiocarbonyl (C=S) groups is 1. The monoisotopic (exact) mass is 466 g/mol. The average Bonchev–Trinajstić information content (AvgIpc) is 2.96.